The second-order valence-electron chi connectivity index (χ2n) is 4.60. The lowest BCUT2D eigenvalue weighted by Crippen LogP contribution is -2.33. The van der Waals surface area contributed by atoms with Crippen molar-refractivity contribution in [3.05, 3.63) is 0 Å². The summed E-state index contributed by atoms with van der Waals surface area (Å²) in [6, 6.07) is 0.549. The van der Waals surface area contributed by atoms with Crippen molar-refractivity contribution in [2.75, 3.05) is 6.54 Å². The van der Waals surface area contributed by atoms with Crippen LogP contribution >= 0.6 is 0 Å². The Bertz CT molecular complexity index is 128. The molecular weight excluding hydrogens is 186 g/mol. The predicted molar refractivity (Wildman–Crippen MR) is 67.1 cm³/mol. The lowest BCUT2D eigenvalue weighted by molar-refractivity contribution is 0.156. The van der Waals surface area contributed by atoms with Crippen molar-refractivity contribution in [1.82, 2.24) is 5.32 Å². The summed E-state index contributed by atoms with van der Waals surface area (Å²) in [5.74, 6) is 0. The maximum absolute atomic E-state index is 9.55. The summed E-state index contributed by atoms with van der Waals surface area (Å²) in [6.07, 6.45) is 8.36. The average molecular weight is 215 g/mol. The molecule has 0 saturated heterocycles. The second-order valence-corrected chi connectivity index (χ2v) is 4.60. The number of unbranched alkanes of at least 4 members (excludes halogenated alkanes) is 3. The van der Waals surface area contributed by atoms with E-state index in [9.17, 15) is 5.11 Å². The highest BCUT2D eigenvalue weighted by molar-refractivity contribution is 4.65. The fourth-order valence-corrected chi connectivity index (χ4v) is 1.75. The molecule has 0 aliphatic carbocycles. The quantitative estimate of drug-likeness (QED) is 0.549. The molecule has 0 rings (SSSR count). The molecule has 0 spiro atoms. The monoisotopic (exact) mass is 215 g/mol. The van der Waals surface area contributed by atoms with Crippen molar-refractivity contribution in [3.8, 4) is 0 Å². The van der Waals surface area contributed by atoms with Crippen molar-refractivity contribution in [1.29, 1.82) is 0 Å². The van der Waals surface area contributed by atoms with Gasteiger partial charge in [-0.15, -0.1) is 0 Å². The topological polar surface area (TPSA) is 32.3 Å². The van der Waals surface area contributed by atoms with Crippen LogP contribution in [0.2, 0.25) is 0 Å². The molecular formula is C13H29NO. The van der Waals surface area contributed by atoms with Gasteiger partial charge < -0.3 is 10.4 Å². The Morgan fingerprint density at radius 1 is 1.00 bits per heavy atom. The summed E-state index contributed by atoms with van der Waals surface area (Å²) in [7, 11) is 0. The van der Waals surface area contributed by atoms with Gasteiger partial charge in [-0.05, 0) is 19.8 Å². The van der Waals surface area contributed by atoms with Crippen LogP contribution in [0.5, 0.6) is 0 Å². The summed E-state index contributed by atoms with van der Waals surface area (Å²) in [5, 5.41) is 12.9. The lowest BCUT2D eigenvalue weighted by atomic mass is 10.1. The van der Waals surface area contributed by atoms with E-state index < -0.39 is 0 Å². The minimum atomic E-state index is -0.159. The number of aliphatic hydroxyl groups is 1. The van der Waals surface area contributed by atoms with Gasteiger partial charge in [-0.3, -0.25) is 0 Å². The number of rotatable bonds is 10. The van der Waals surface area contributed by atoms with E-state index >= 15 is 0 Å². The Morgan fingerprint density at radius 2 is 1.73 bits per heavy atom. The van der Waals surface area contributed by atoms with E-state index in [1.807, 2.05) is 0 Å². The largest absolute Gasteiger partial charge is 0.392 e. The van der Waals surface area contributed by atoms with Crippen LogP contribution in [-0.2, 0) is 0 Å². The fraction of sp³-hybridized carbons (Fsp3) is 1.00. The number of aliphatic hydroxyl groups excluding tert-OH is 1. The number of nitrogens with one attached hydrogen (secondary N) is 1. The minimum Gasteiger partial charge on any atom is -0.392 e. The smallest absolute Gasteiger partial charge is 0.0664 e. The van der Waals surface area contributed by atoms with E-state index in [0.717, 1.165) is 19.4 Å². The van der Waals surface area contributed by atoms with E-state index in [2.05, 4.69) is 26.1 Å². The van der Waals surface area contributed by atoms with Gasteiger partial charge in [0.05, 0.1) is 6.10 Å². The van der Waals surface area contributed by atoms with Crippen LogP contribution in [0.4, 0.5) is 0 Å². The Hall–Kier alpha value is -0.0800. The minimum absolute atomic E-state index is 0.159. The molecule has 0 amide bonds. The number of hydrogen-bond acceptors (Lipinski definition) is 2. The van der Waals surface area contributed by atoms with Crippen LogP contribution in [0, 0.1) is 0 Å². The van der Waals surface area contributed by atoms with Crippen LogP contribution in [0.15, 0.2) is 0 Å². The van der Waals surface area contributed by atoms with Crippen molar-refractivity contribution >= 4 is 0 Å². The maximum Gasteiger partial charge on any atom is 0.0664 e. The van der Waals surface area contributed by atoms with Crippen LogP contribution in [0.1, 0.15) is 65.7 Å². The average Bonchev–Trinajstić information content (AvgIpc) is 2.22. The Kier molecular flexibility index (Phi) is 10.4. The first-order chi connectivity index (χ1) is 7.20. The SMILES string of the molecule is CCCCCCC(C)NCC(O)CCC. The molecule has 0 aromatic carbocycles. The molecule has 2 nitrogen and oxygen atoms in total. The zero-order valence-electron chi connectivity index (χ0n) is 10.8. The third kappa shape index (κ3) is 10.2. The number of hydrogen-bond donors (Lipinski definition) is 2. The molecule has 0 aliphatic rings. The molecule has 15 heavy (non-hydrogen) atoms. The first kappa shape index (κ1) is 14.9. The summed E-state index contributed by atoms with van der Waals surface area (Å²) < 4.78 is 0. The van der Waals surface area contributed by atoms with Gasteiger partial charge in [0, 0.05) is 12.6 Å². The molecule has 0 bridgehead atoms. The van der Waals surface area contributed by atoms with Crippen LogP contribution < -0.4 is 5.32 Å². The zero-order valence-corrected chi connectivity index (χ0v) is 10.8. The molecule has 92 valence electrons. The molecule has 0 aliphatic heterocycles. The second kappa shape index (κ2) is 10.4. The third-order valence-electron chi connectivity index (χ3n) is 2.81. The highest BCUT2D eigenvalue weighted by Crippen LogP contribution is 2.05. The molecule has 2 atom stereocenters. The molecule has 2 N–H and O–H groups in total. The van der Waals surface area contributed by atoms with Crippen molar-refractivity contribution in [2.24, 2.45) is 0 Å². The molecule has 2 unspecified atom stereocenters. The molecule has 0 fully saturated rings. The maximum atomic E-state index is 9.55. The third-order valence-corrected chi connectivity index (χ3v) is 2.81. The van der Waals surface area contributed by atoms with Gasteiger partial charge in [-0.25, -0.2) is 0 Å². The standard InChI is InChI=1S/C13H29NO/c1-4-6-7-8-10-12(3)14-11-13(15)9-5-2/h12-15H,4-11H2,1-3H3. The fourth-order valence-electron chi connectivity index (χ4n) is 1.75. The van der Waals surface area contributed by atoms with E-state index in [-0.39, 0.29) is 6.10 Å². The van der Waals surface area contributed by atoms with Gasteiger partial charge in [0.1, 0.15) is 0 Å². The molecule has 0 saturated carbocycles. The van der Waals surface area contributed by atoms with E-state index in [4.69, 9.17) is 0 Å². The van der Waals surface area contributed by atoms with Gasteiger partial charge in [0.15, 0.2) is 0 Å². The van der Waals surface area contributed by atoms with Gasteiger partial charge in [-0.2, -0.15) is 0 Å². The normalized spacial score (nSPS) is 15.2. The van der Waals surface area contributed by atoms with Crippen molar-refractivity contribution in [2.45, 2.75) is 77.9 Å². The molecule has 0 radical (unpaired) electrons. The molecule has 0 aromatic rings. The zero-order chi connectivity index (χ0) is 11.5. The first-order valence-electron chi connectivity index (χ1n) is 6.62. The summed E-state index contributed by atoms with van der Waals surface area (Å²) >= 11 is 0. The highest BCUT2D eigenvalue weighted by atomic mass is 16.3. The van der Waals surface area contributed by atoms with Gasteiger partial charge in [0.25, 0.3) is 0 Å². The van der Waals surface area contributed by atoms with Crippen LogP contribution in [0.25, 0.3) is 0 Å². The van der Waals surface area contributed by atoms with E-state index in [1.54, 1.807) is 0 Å². The van der Waals surface area contributed by atoms with Crippen LogP contribution in [-0.4, -0.2) is 23.8 Å². The van der Waals surface area contributed by atoms with Crippen molar-refractivity contribution in [3.63, 3.8) is 0 Å². The molecule has 2 heteroatoms. The van der Waals surface area contributed by atoms with Gasteiger partial charge >= 0.3 is 0 Å². The van der Waals surface area contributed by atoms with Crippen molar-refractivity contribution < 1.29 is 5.11 Å². The Balaban J connectivity index is 3.28. The summed E-state index contributed by atoms with van der Waals surface area (Å²) in [4.78, 5) is 0. The Morgan fingerprint density at radius 3 is 2.33 bits per heavy atom. The summed E-state index contributed by atoms with van der Waals surface area (Å²) in [6.45, 7) is 7.31. The van der Waals surface area contributed by atoms with Gasteiger partial charge in [0.2, 0.25) is 0 Å². The molecule has 0 heterocycles. The predicted octanol–water partition coefficient (Wildman–Crippen LogP) is 3.10. The lowest BCUT2D eigenvalue weighted by Gasteiger charge is -2.16. The first-order valence-corrected chi connectivity index (χ1v) is 6.62. The Labute approximate surface area is 95.5 Å². The van der Waals surface area contributed by atoms with Crippen LogP contribution in [0.3, 0.4) is 0 Å². The molecule has 0 aromatic heterocycles. The summed E-state index contributed by atoms with van der Waals surface area (Å²) in [5.41, 5.74) is 0. The van der Waals surface area contributed by atoms with E-state index in [1.165, 1.54) is 32.1 Å². The highest BCUT2D eigenvalue weighted by Gasteiger charge is 2.05. The van der Waals surface area contributed by atoms with Gasteiger partial charge in [-0.1, -0.05) is 46.0 Å². The van der Waals surface area contributed by atoms with E-state index in [0.29, 0.717) is 6.04 Å².